The average Bonchev–Trinajstić information content (AvgIpc) is 2.54. The van der Waals surface area contributed by atoms with Crippen LogP contribution in [0.1, 0.15) is 29.8 Å². The van der Waals surface area contributed by atoms with Crippen LogP contribution in [0, 0.1) is 0 Å². The highest BCUT2D eigenvalue weighted by molar-refractivity contribution is 5.95. The van der Waals surface area contributed by atoms with Gasteiger partial charge >= 0.3 is 5.97 Å². The first kappa shape index (κ1) is 15.1. The van der Waals surface area contributed by atoms with Gasteiger partial charge in [0, 0.05) is 13.1 Å². The van der Waals surface area contributed by atoms with Crippen LogP contribution in [0.3, 0.4) is 0 Å². The molecule has 0 bridgehead atoms. The average molecular weight is 283 g/mol. The van der Waals surface area contributed by atoms with Gasteiger partial charge in [-0.05, 0) is 31.5 Å². The summed E-state index contributed by atoms with van der Waals surface area (Å²) in [6, 6.07) is 17.9. The molecule has 21 heavy (non-hydrogen) atoms. The second kappa shape index (κ2) is 7.48. The lowest BCUT2D eigenvalue weighted by atomic mass is 10.1. The van der Waals surface area contributed by atoms with E-state index < -0.39 is 0 Å². The number of carbonyl (C=O) groups excluding carboxylic acids is 1. The number of hydrogen-bond donors (Lipinski definition) is 0. The first-order valence-corrected chi connectivity index (χ1v) is 7.31. The maximum atomic E-state index is 12.1. The van der Waals surface area contributed by atoms with E-state index in [1.807, 2.05) is 49.4 Å². The summed E-state index contributed by atoms with van der Waals surface area (Å²) in [5.41, 5.74) is 2.76. The van der Waals surface area contributed by atoms with E-state index in [4.69, 9.17) is 4.74 Å². The van der Waals surface area contributed by atoms with E-state index in [1.54, 1.807) is 0 Å². The first-order valence-electron chi connectivity index (χ1n) is 7.31. The number of rotatable bonds is 6. The zero-order chi connectivity index (χ0) is 15.1. The lowest BCUT2D eigenvalue weighted by Crippen LogP contribution is -2.24. The molecule has 2 aromatic carbocycles. The monoisotopic (exact) mass is 283 g/mol. The molecule has 0 amide bonds. The summed E-state index contributed by atoms with van der Waals surface area (Å²) in [6.45, 7) is 5.89. The summed E-state index contributed by atoms with van der Waals surface area (Å²) in [6.07, 6.45) is 0. The number of benzene rings is 2. The van der Waals surface area contributed by atoms with E-state index in [0.717, 1.165) is 18.8 Å². The van der Waals surface area contributed by atoms with Crippen molar-refractivity contribution in [2.45, 2.75) is 20.4 Å². The van der Waals surface area contributed by atoms with Gasteiger partial charge < -0.3 is 9.64 Å². The molecule has 3 heteroatoms. The molecule has 0 saturated carbocycles. The first-order chi connectivity index (χ1) is 10.3. The maximum Gasteiger partial charge on any atom is 0.340 e. The Morgan fingerprint density at radius 2 is 1.67 bits per heavy atom. The molecule has 0 heterocycles. The second-order valence-corrected chi connectivity index (χ2v) is 4.74. The van der Waals surface area contributed by atoms with Crippen LogP contribution in [-0.4, -0.2) is 19.1 Å². The summed E-state index contributed by atoms with van der Waals surface area (Å²) in [7, 11) is 0. The number of para-hydroxylation sites is 1. The van der Waals surface area contributed by atoms with E-state index in [0.29, 0.717) is 12.2 Å². The Kier molecular flexibility index (Phi) is 5.38. The second-order valence-electron chi connectivity index (χ2n) is 4.74. The van der Waals surface area contributed by atoms with E-state index in [2.05, 4.69) is 24.0 Å². The molecule has 0 unspecified atom stereocenters. The molecule has 0 aliphatic rings. The molecule has 2 aromatic rings. The summed E-state index contributed by atoms with van der Waals surface area (Å²) in [5, 5.41) is 0. The van der Waals surface area contributed by atoms with Gasteiger partial charge in [-0.15, -0.1) is 0 Å². The van der Waals surface area contributed by atoms with Crippen LogP contribution in [0.2, 0.25) is 0 Å². The highest BCUT2D eigenvalue weighted by Crippen LogP contribution is 2.23. The minimum Gasteiger partial charge on any atom is -0.462 e. The van der Waals surface area contributed by atoms with Crippen LogP contribution in [-0.2, 0) is 11.3 Å². The number of nitrogens with zero attached hydrogens (tertiary/aromatic N) is 1. The van der Waals surface area contributed by atoms with Crippen molar-refractivity contribution >= 4 is 11.7 Å². The van der Waals surface area contributed by atoms with Crippen LogP contribution in [0.15, 0.2) is 54.6 Å². The van der Waals surface area contributed by atoms with Crippen molar-refractivity contribution in [3.05, 3.63) is 65.7 Å². The van der Waals surface area contributed by atoms with E-state index >= 15 is 0 Å². The smallest absolute Gasteiger partial charge is 0.340 e. The van der Waals surface area contributed by atoms with Crippen molar-refractivity contribution in [2.75, 3.05) is 18.1 Å². The Bertz CT molecular complexity index is 581. The fraction of sp³-hybridized carbons (Fsp3) is 0.278. The number of carbonyl (C=O) groups is 1. The molecule has 0 saturated heterocycles. The molecule has 0 spiro atoms. The highest BCUT2D eigenvalue weighted by Gasteiger charge is 2.16. The van der Waals surface area contributed by atoms with Crippen molar-refractivity contribution < 1.29 is 9.53 Å². The fourth-order valence-electron chi connectivity index (χ4n) is 2.30. The van der Waals surface area contributed by atoms with Gasteiger partial charge in [-0.2, -0.15) is 0 Å². The predicted octanol–water partition coefficient (Wildman–Crippen LogP) is 3.89. The molecule has 3 nitrogen and oxygen atoms in total. The zero-order valence-electron chi connectivity index (χ0n) is 12.6. The van der Waals surface area contributed by atoms with Gasteiger partial charge in [0.05, 0.1) is 17.9 Å². The third kappa shape index (κ3) is 3.85. The Morgan fingerprint density at radius 1 is 1.00 bits per heavy atom. The lowest BCUT2D eigenvalue weighted by Gasteiger charge is -2.25. The molecule has 2 rings (SSSR count). The number of ether oxygens (including phenoxy) is 1. The van der Waals surface area contributed by atoms with Gasteiger partial charge in [0.15, 0.2) is 0 Å². The van der Waals surface area contributed by atoms with E-state index in [-0.39, 0.29) is 5.97 Å². The number of anilines is 1. The molecule has 0 aromatic heterocycles. The Morgan fingerprint density at radius 3 is 2.33 bits per heavy atom. The van der Waals surface area contributed by atoms with Crippen LogP contribution < -0.4 is 4.90 Å². The maximum absolute atomic E-state index is 12.1. The summed E-state index contributed by atoms with van der Waals surface area (Å²) < 4.78 is 5.15. The highest BCUT2D eigenvalue weighted by atomic mass is 16.5. The molecule has 0 aliphatic carbocycles. The largest absolute Gasteiger partial charge is 0.462 e. The van der Waals surface area contributed by atoms with Crippen LogP contribution in [0.5, 0.6) is 0 Å². The minimum atomic E-state index is -0.264. The van der Waals surface area contributed by atoms with Crippen LogP contribution in [0.25, 0.3) is 0 Å². The summed E-state index contributed by atoms with van der Waals surface area (Å²) in [5.74, 6) is -0.264. The van der Waals surface area contributed by atoms with Gasteiger partial charge in [-0.1, -0.05) is 42.5 Å². The van der Waals surface area contributed by atoms with E-state index in [1.165, 1.54) is 5.56 Å². The molecule has 0 aliphatic heterocycles. The third-order valence-electron chi connectivity index (χ3n) is 3.34. The molecular weight excluding hydrogens is 262 g/mol. The minimum absolute atomic E-state index is 0.264. The topological polar surface area (TPSA) is 29.5 Å². The van der Waals surface area contributed by atoms with Gasteiger partial charge in [-0.25, -0.2) is 4.79 Å². The Labute approximate surface area is 126 Å². The molecular formula is C18H21NO2. The van der Waals surface area contributed by atoms with Gasteiger partial charge in [0.1, 0.15) is 0 Å². The van der Waals surface area contributed by atoms with Crippen LogP contribution in [0.4, 0.5) is 5.69 Å². The Hall–Kier alpha value is -2.29. The fourth-order valence-corrected chi connectivity index (χ4v) is 2.30. The SMILES string of the molecule is CCOC(=O)c1ccccc1N(CC)Cc1ccccc1. The molecule has 0 radical (unpaired) electrons. The van der Waals surface area contributed by atoms with E-state index in [9.17, 15) is 4.79 Å². The lowest BCUT2D eigenvalue weighted by molar-refractivity contribution is 0.0527. The van der Waals surface area contributed by atoms with Gasteiger partial charge in [0.2, 0.25) is 0 Å². The van der Waals surface area contributed by atoms with Crippen molar-refractivity contribution in [1.82, 2.24) is 0 Å². The van der Waals surface area contributed by atoms with Crippen molar-refractivity contribution in [3.8, 4) is 0 Å². The number of esters is 1. The third-order valence-corrected chi connectivity index (χ3v) is 3.34. The summed E-state index contributed by atoms with van der Waals surface area (Å²) in [4.78, 5) is 14.3. The quantitative estimate of drug-likeness (QED) is 0.753. The predicted molar refractivity (Wildman–Crippen MR) is 85.6 cm³/mol. The normalized spacial score (nSPS) is 10.2. The summed E-state index contributed by atoms with van der Waals surface area (Å²) >= 11 is 0. The Balaban J connectivity index is 2.27. The molecule has 0 N–H and O–H groups in total. The van der Waals surface area contributed by atoms with Crippen molar-refractivity contribution in [2.24, 2.45) is 0 Å². The van der Waals surface area contributed by atoms with Crippen LogP contribution >= 0.6 is 0 Å². The van der Waals surface area contributed by atoms with Gasteiger partial charge in [-0.3, -0.25) is 0 Å². The van der Waals surface area contributed by atoms with Crippen molar-refractivity contribution in [1.29, 1.82) is 0 Å². The zero-order valence-corrected chi connectivity index (χ0v) is 12.6. The van der Waals surface area contributed by atoms with Gasteiger partial charge in [0.25, 0.3) is 0 Å². The molecule has 0 fully saturated rings. The molecule has 110 valence electrons. The standard InChI is InChI=1S/C18H21NO2/c1-3-19(14-15-10-6-5-7-11-15)17-13-9-8-12-16(17)18(20)21-4-2/h5-13H,3-4,14H2,1-2H3. The van der Waals surface area contributed by atoms with Crippen molar-refractivity contribution in [3.63, 3.8) is 0 Å². The number of hydrogen-bond acceptors (Lipinski definition) is 3. The molecule has 0 atom stereocenters.